The largest absolute Gasteiger partial charge is 0.314 e. The first-order valence-electron chi connectivity index (χ1n) is 6.61. The van der Waals surface area contributed by atoms with Gasteiger partial charge in [0.05, 0.1) is 0 Å². The summed E-state index contributed by atoms with van der Waals surface area (Å²) in [5.74, 6) is 0. The fourth-order valence-corrected chi connectivity index (χ4v) is 2.62. The van der Waals surface area contributed by atoms with Crippen molar-refractivity contribution in [2.45, 2.75) is 38.1 Å². The number of nitrogens with zero attached hydrogens (tertiary/aromatic N) is 1. The minimum Gasteiger partial charge on any atom is -0.314 e. The van der Waals surface area contributed by atoms with Crippen LogP contribution >= 0.6 is 0 Å². The van der Waals surface area contributed by atoms with E-state index >= 15 is 0 Å². The van der Waals surface area contributed by atoms with Crippen LogP contribution in [0.5, 0.6) is 0 Å². The van der Waals surface area contributed by atoms with Crippen molar-refractivity contribution in [3.05, 3.63) is 0 Å². The van der Waals surface area contributed by atoms with Gasteiger partial charge in [-0.05, 0) is 45.3 Å². The average Bonchev–Trinajstić information content (AvgIpc) is 2.79. The molecule has 3 nitrogen and oxygen atoms in total. The lowest BCUT2D eigenvalue weighted by atomic mass is 10.1. The zero-order valence-corrected chi connectivity index (χ0v) is 9.80. The molecule has 2 aliphatic rings. The number of likely N-dealkylation sites (tertiary alicyclic amines) is 1. The lowest BCUT2D eigenvalue weighted by Gasteiger charge is -2.24. The van der Waals surface area contributed by atoms with Crippen LogP contribution in [0.4, 0.5) is 0 Å². The molecule has 2 heterocycles. The smallest absolute Gasteiger partial charge is 0.0192 e. The van der Waals surface area contributed by atoms with Crippen molar-refractivity contribution >= 4 is 0 Å². The van der Waals surface area contributed by atoms with Crippen molar-refractivity contribution in [3.8, 4) is 0 Å². The molecule has 2 aliphatic heterocycles. The SMILES string of the molecule is C1CCC(CNCCN2CCCC2)NC1. The summed E-state index contributed by atoms with van der Waals surface area (Å²) < 4.78 is 0. The van der Waals surface area contributed by atoms with Gasteiger partial charge in [-0.2, -0.15) is 0 Å². The summed E-state index contributed by atoms with van der Waals surface area (Å²) >= 11 is 0. The molecule has 0 aromatic carbocycles. The highest BCUT2D eigenvalue weighted by molar-refractivity contribution is 4.75. The van der Waals surface area contributed by atoms with Crippen LogP contribution in [-0.2, 0) is 0 Å². The minimum atomic E-state index is 0.734. The van der Waals surface area contributed by atoms with Gasteiger partial charge in [0.15, 0.2) is 0 Å². The fourth-order valence-electron chi connectivity index (χ4n) is 2.62. The highest BCUT2D eigenvalue weighted by atomic mass is 15.2. The first-order chi connectivity index (χ1) is 7.45. The van der Waals surface area contributed by atoms with E-state index in [-0.39, 0.29) is 0 Å². The van der Waals surface area contributed by atoms with E-state index in [1.54, 1.807) is 0 Å². The van der Waals surface area contributed by atoms with Crippen LogP contribution in [0.2, 0.25) is 0 Å². The summed E-state index contributed by atoms with van der Waals surface area (Å²) in [6, 6.07) is 0.734. The second kappa shape index (κ2) is 6.46. The Kier molecular flexibility index (Phi) is 4.90. The van der Waals surface area contributed by atoms with Crippen molar-refractivity contribution in [3.63, 3.8) is 0 Å². The zero-order valence-electron chi connectivity index (χ0n) is 9.80. The molecule has 0 amide bonds. The molecule has 2 N–H and O–H groups in total. The van der Waals surface area contributed by atoms with Gasteiger partial charge >= 0.3 is 0 Å². The molecule has 2 fully saturated rings. The van der Waals surface area contributed by atoms with Crippen LogP contribution in [0.1, 0.15) is 32.1 Å². The summed E-state index contributed by atoms with van der Waals surface area (Å²) in [5, 5.41) is 7.15. The van der Waals surface area contributed by atoms with Gasteiger partial charge in [-0.1, -0.05) is 6.42 Å². The summed E-state index contributed by atoms with van der Waals surface area (Å²) in [7, 11) is 0. The van der Waals surface area contributed by atoms with Gasteiger partial charge in [0.25, 0.3) is 0 Å². The molecule has 2 saturated heterocycles. The highest BCUT2D eigenvalue weighted by Gasteiger charge is 2.13. The molecule has 0 aromatic rings. The zero-order chi connectivity index (χ0) is 10.3. The molecule has 2 rings (SSSR count). The van der Waals surface area contributed by atoms with Crippen LogP contribution in [0.25, 0.3) is 0 Å². The van der Waals surface area contributed by atoms with Gasteiger partial charge in [0.1, 0.15) is 0 Å². The number of hydrogen-bond acceptors (Lipinski definition) is 3. The number of hydrogen-bond donors (Lipinski definition) is 2. The van der Waals surface area contributed by atoms with Gasteiger partial charge in [-0.3, -0.25) is 0 Å². The maximum atomic E-state index is 3.58. The van der Waals surface area contributed by atoms with E-state index in [1.807, 2.05) is 0 Å². The highest BCUT2D eigenvalue weighted by Crippen LogP contribution is 2.06. The molecule has 0 saturated carbocycles. The third kappa shape index (κ3) is 4.09. The Morgan fingerprint density at radius 3 is 2.73 bits per heavy atom. The maximum Gasteiger partial charge on any atom is 0.0192 e. The van der Waals surface area contributed by atoms with Crippen LogP contribution < -0.4 is 10.6 Å². The summed E-state index contributed by atoms with van der Waals surface area (Å²) in [6.45, 7) is 7.43. The van der Waals surface area contributed by atoms with Gasteiger partial charge in [0.2, 0.25) is 0 Å². The molecule has 0 spiro atoms. The summed E-state index contributed by atoms with van der Waals surface area (Å²) in [4.78, 5) is 2.57. The van der Waals surface area contributed by atoms with Crippen LogP contribution in [0.3, 0.4) is 0 Å². The van der Waals surface area contributed by atoms with Crippen molar-refractivity contribution in [2.75, 3.05) is 39.3 Å². The van der Waals surface area contributed by atoms with Crippen molar-refractivity contribution in [1.82, 2.24) is 15.5 Å². The van der Waals surface area contributed by atoms with Gasteiger partial charge < -0.3 is 15.5 Å². The van der Waals surface area contributed by atoms with Crippen molar-refractivity contribution < 1.29 is 0 Å². The second-order valence-electron chi connectivity index (χ2n) is 4.90. The second-order valence-corrected chi connectivity index (χ2v) is 4.90. The lowest BCUT2D eigenvalue weighted by Crippen LogP contribution is -2.43. The Bertz CT molecular complexity index is 160. The quantitative estimate of drug-likeness (QED) is 0.659. The molecule has 0 aromatic heterocycles. The third-order valence-electron chi connectivity index (χ3n) is 3.61. The monoisotopic (exact) mass is 211 g/mol. The standard InChI is InChI=1S/C12H25N3/c1-2-6-14-12(5-1)11-13-7-10-15-8-3-4-9-15/h12-14H,1-11H2. The van der Waals surface area contributed by atoms with E-state index in [4.69, 9.17) is 0 Å². The molecule has 15 heavy (non-hydrogen) atoms. The fraction of sp³-hybridized carbons (Fsp3) is 1.00. The van der Waals surface area contributed by atoms with E-state index in [0.29, 0.717) is 0 Å². The molecule has 1 unspecified atom stereocenters. The summed E-state index contributed by atoms with van der Waals surface area (Å²) in [5.41, 5.74) is 0. The van der Waals surface area contributed by atoms with E-state index in [9.17, 15) is 0 Å². The summed E-state index contributed by atoms with van der Waals surface area (Å²) in [6.07, 6.45) is 6.95. The Hall–Kier alpha value is -0.120. The van der Waals surface area contributed by atoms with Gasteiger partial charge in [-0.25, -0.2) is 0 Å². The number of rotatable bonds is 5. The Labute approximate surface area is 93.6 Å². The molecular weight excluding hydrogens is 186 g/mol. The maximum absolute atomic E-state index is 3.58. The van der Waals surface area contributed by atoms with Gasteiger partial charge in [-0.15, -0.1) is 0 Å². The van der Waals surface area contributed by atoms with E-state index in [1.165, 1.54) is 58.3 Å². The van der Waals surface area contributed by atoms with Gasteiger partial charge in [0, 0.05) is 25.7 Å². The van der Waals surface area contributed by atoms with Crippen LogP contribution in [0, 0.1) is 0 Å². The number of nitrogens with one attached hydrogen (secondary N) is 2. The van der Waals surface area contributed by atoms with E-state index in [0.717, 1.165) is 19.1 Å². The van der Waals surface area contributed by atoms with Crippen LogP contribution in [-0.4, -0.2) is 50.2 Å². The molecule has 3 heteroatoms. The molecule has 0 bridgehead atoms. The van der Waals surface area contributed by atoms with Crippen molar-refractivity contribution in [2.24, 2.45) is 0 Å². The topological polar surface area (TPSA) is 27.3 Å². The van der Waals surface area contributed by atoms with E-state index in [2.05, 4.69) is 15.5 Å². The Balaban J connectivity index is 1.47. The van der Waals surface area contributed by atoms with E-state index < -0.39 is 0 Å². The normalized spacial score (nSPS) is 28.4. The third-order valence-corrected chi connectivity index (χ3v) is 3.61. The predicted molar refractivity (Wildman–Crippen MR) is 64.2 cm³/mol. The molecule has 0 aliphatic carbocycles. The average molecular weight is 211 g/mol. The molecule has 0 radical (unpaired) electrons. The van der Waals surface area contributed by atoms with Crippen molar-refractivity contribution in [1.29, 1.82) is 0 Å². The first-order valence-corrected chi connectivity index (χ1v) is 6.61. The molecular formula is C12H25N3. The number of piperidine rings is 1. The lowest BCUT2D eigenvalue weighted by molar-refractivity contribution is 0.324. The first kappa shape index (κ1) is 11.4. The Morgan fingerprint density at radius 1 is 1.13 bits per heavy atom. The van der Waals surface area contributed by atoms with Crippen LogP contribution in [0.15, 0.2) is 0 Å². The predicted octanol–water partition coefficient (Wildman–Crippen LogP) is 0.814. The molecule has 88 valence electrons. The molecule has 1 atom stereocenters. The minimum absolute atomic E-state index is 0.734. The Morgan fingerprint density at radius 2 is 2.00 bits per heavy atom.